The van der Waals surface area contributed by atoms with Crippen LogP contribution in [0.15, 0.2) is 54.6 Å². The number of hydrogen-bond acceptors (Lipinski definition) is 3. The Bertz CT molecular complexity index is 807. The summed E-state index contributed by atoms with van der Waals surface area (Å²) in [6.07, 6.45) is 7.07. The van der Waals surface area contributed by atoms with Crippen LogP contribution in [0.25, 0.3) is 0 Å². The Morgan fingerprint density at radius 2 is 1.61 bits per heavy atom. The maximum absolute atomic E-state index is 12.6. The van der Waals surface area contributed by atoms with Crippen LogP contribution in [0.3, 0.4) is 0 Å². The summed E-state index contributed by atoms with van der Waals surface area (Å²) in [5.74, 6) is 1.64. The number of ether oxygens (including phenoxy) is 1. The molecule has 1 atom stereocenters. The average molecular weight is 421 g/mol. The molecule has 2 aromatic rings. The molecule has 0 aliphatic carbocycles. The summed E-state index contributed by atoms with van der Waals surface area (Å²) in [7, 11) is 0. The van der Waals surface area contributed by atoms with Gasteiger partial charge in [0.1, 0.15) is 11.9 Å². The van der Waals surface area contributed by atoms with Crippen molar-refractivity contribution in [2.24, 2.45) is 0 Å². The minimum atomic E-state index is 0.157. The average Bonchev–Trinajstić information content (AvgIpc) is 2.84. The van der Waals surface area contributed by atoms with E-state index in [4.69, 9.17) is 4.74 Å². The fourth-order valence-corrected chi connectivity index (χ4v) is 4.72. The summed E-state index contributed by atoms with van der Waals surface area (Å²) < 4.78 is 6.23. The van der Waals surface area contributed by atoms with Crippen LogP contribution in [0.1, 0.15) is 67.3 Å². The molecule has 0 radical (unpaired) electrons. The molecule has 0 saturated carbocycles. The number of carbonyl (C=O) groups excluding carboxylic acids is 1. The van der Waals surface area contributed by atoms with Crippen molar-refractivity contribution in [1.29, 1.82) is 0 Å². The highest BCUT2D eigenvalue weighted by Gasteiger charge is 2.22. The zero-order valence-corrected chi connectivity index (χ0v) is 18.8. The van der Waals surface area contributed by atoms with Gasteiger partial charge in [0, 0.05) is 31.7 Å². The summed E-state index contributed by atoms with van der Waals surface area (Å²) in [6, 6.07) is 18.6. The van der Waals surface area contributed by atoms with Crippen molar-refractivity contribution in [1.82, 2.24) is 9.80 Å². The van der Waals surface area contributed by atoms with E-state index in [1.165, 1.54) is 18.4 Å². The Morgan fingerprint density at radius 3 is 2.29 bits per heavy atom. The van der Waals surface area contributed by atoms with Crippen LogP contribution in [-0.4, -0.2) is 54.5 Å². The van der Waals surface area contributed by atoms with E-state index in [-0.39, 0.29) is 12.0 Å². The number of likely N-dealkylation sites (tertiary alicyclic amines) is 2. The molecule has 4 heteroatoms. The summed E-state index contributed by atoms with van der Waals surface area (Å²) in [6.45, 7) is 7.44. The maximum Gasteiger partial charge on any atom is 0.253 e. The molecule has 2 heterocycles. The monoisotopic (exact) mass is 420 g/mol. The molecule has 166 valence electrons. The number of carbonyl (C=O) groups is 1. The molecule has 2 aromatic carbocycles. The van der Waals surface area contributed by atoms with Gasteiger partial charge in [0.15, 0.2) is 0 Å². The number of hydrogen-bond donors (Lipinski definition) is 0. The van der Waals surface area contributed by atoms with Crippen LogP contribution < -0.4 is 4.74 Å². The van der Waals surface area contributed by atoms with E-state index in [9.17, 15) is 4.79 Å². The first-order chi connectivity index (χ1) is 15.2. The van der Waals surface area contributed by atoms with Gasteiger partial charge in [-0.3, -0.25) is 4.79 Å². The van der Waals surface area contributed by atoms with E-state index < -0.39 is 0 Å². The van der Waals surface area contributed by atoms with Crippen LogP contribution in [0.2, 0.25) is 0 Å². The fraction of sp³-hybridized carbons (Fsp3) is 0.519. The zero-order valence-electron chi connectivity index (χ0n) is 18.8. The first kappa shape index (κ1) is 21.9. The fourth-order valence-electron chi connectivity index (χ4n) is 4.72. The lowest BCUT2D eigenvalue weighted by Gasteiger charge is -2.32. The largest absolute Gasteiger partial charge is 0.490 e. The molecule has 4 rings (SSSR count). The van der Waals surface area contributed by atoms with Crippen LogP contribution in [-0.2, 0) is 0 Å². The van der Waals surface area contributed by atoms with Crippen molar-refractivity contribution >= 4 is 5.91 Å². The van der Waals surface area contributed by atoms with Crippen LogP contribution in [0.5, 0.6) is 5.75 Å². The summed E-state index contributed by atoms with van der Waals surface area (Å²) in [4.78, 5) is 17.2. The van der Waals surface area contributed by atoms with E-state index in [1.54, 1.807) is 0 Å². The topological polar surface area (TPSA) is 32.8 Å². The lowest BCUT2D eigenvalue weighted by Crippen LogP contribution is -2.39. The quantitative estimate of drug-likeness (QED) is 0.605. The molecule has 2 fully saturated rings. The number of amides is 1. The van der Waals surface area contributed by atoms with E-state index >= 15 is 0 Å². The van der Waals surface area contributed by atoms with Gasteiger partial charge in [0.25, 0.3) is 5.91 Å². The Labute approximate surface area is 187 Å². The highest BCUT2D eigenvalue weighted by molar-refractivity contribution is 5.94. The Balaban J connectivity index is 1.19. The van der Waals surface area contributed by atoms with Crippen LogP contribution in [0.4, 0.5) is 0 Å². The maximum atomic E-state index is 12.6. The van der Waals surface area contributed by atoms with Crippen LogP contribution in [0, 0.1) is 0 Å². The van der Waals surface area contributed by atoms with Gasteiger partial charge >= 0.3 is 0 Å². The van der Waals surface area contributed by atoms with Crippen LogP contribution >= 0.6 is 0 Å². The second-order valence-corrected chi connectivity index (χ2v) is 9.14. The third kappa shape index (κ3) is 6.10. The standard InChI is InChI=1S/C27H36N2O2/c1-22(23-8-4-2-5-9-23)14-19-28-20-15-26(16-21-28)31-25-12-10-24(11-13-25)27(30)29-17-6-3-7-18-29/h2,4-5,8-13,22,26H,3,6-7,14-21H2,1H3/t22-/m0/s1. The Morgan fingerprint density at radius 1 is 0.935 bits per heavy atom. The van der Waals surface area contributed by atoms with Gasteiger partial charge in [-0.25, -0.2) is 0 Å². The number of piperidine rings is 2. The summed E-state index contributed by atoms with van der Waals surface area (Å²) in [5.41, 5.74) is 2.21. The molecule has 4 nitrogen and oxygen atoms in total. The zero-order chi connectivity index (χ0) is 21.5. The lowest BCUT2D eigenvalue weighted by molar-refractivity contribution is 0.0724. The molecule has 0 spiro atoms. The van der Waals surface area contributed by atoms with E-state index in [0.717, 1.165) is 69.7 Å². The van der Waals surface area contributed by atoms with Crippen molar-refractivity contribution in [3.63, 3.8) is 0 Å². The normalized spacial score (nSPS) is 19.2. The predicted octanol–water partition coefficient (Wildman–Crippen LogP) is 5.35. The van der Waals surface area contributed by atoms with Gasteiger partial charge in [-0.1, -0.05) is 37.3 Å². The number of benzene rings is 2. The van der Waals surface area contributed by atoms with Crippen molar-refractivity contribution in [3.05, 3.63) is 65.7 Å². The number of rotatable bonds is 7. The Kier molecular flexibility index (Phi) is 7.63. The smallest absolute Gasteiger partial charge is 0.253 e. The van der Waals surface area contributed by atoms with Gasteiger partial charge < -0.3 is 14.5 Å². The van der Waals surface area contributed by atoms with Gasteiger partial charge in [-0.15, -0.1) is 0 Å². The minimum absolute atomic E-state index is 0.157. The van der Waals surface area contributed by atoms with Gasteiger partial charge in [-0.05, 0) is 80.8 Å². The van der Waals surface area contributed by atoms with E-state index in [0.29, 0.717) is 5.92 Å². The summed E-state index contributed by atoms with van der Waals surface area (Å²) in [5, 5.41) is 0. The highest BCUT2D eigenvalue weighted by Crippen LogP contribution is 2.23. The molecule has 31 heavy (non-hydrogen) atoms. The second kappa shape index (κ2) is 10.8. The summed E-state index contributed by atoms with van der Waals surface area (Å²) >= 11 is 0. The first-order valence-corrected chi connectivity index (χ1v) is 12.0. The van der Waals surface area contributed by atoms with E-state index in [2.05, 4.69) is 42.2 Å². The van der Waals surface area contributed by atoms with E-state index in [1.807, 2.05) is 29.2 Å². The minimum Gasteiger partial charge on any atom is -0.490 e. The third-order valence-corrected chi connectivity index (χ3v) is 6.83. The van der Waals surface area contributed by atoms with Gasteiger partial charge in [0.2, 0.25) is 0 Å². The molecule has 0 unspecified atom stereocenters. The van der Waals surface area contributed by atoms with Gasteiger partial charge in [0.05, 0.1) is 0 Å². The second-order valence-electron chi connectivity index (χ2n) is 9.14. The van der Waals surface area contributed by atoms with Gasteiger partial charge in [-0.2, -0.15) is 0 Å². The molecule has 0 aromatic heterocycles. The van der Waals surface area contributed by atoms with Crippen molar-refractivity contribution in [2.75, 3.05) is 32.7 Å². The SMILES string of the molecule is C[C@@H](CCN1CCC(Oc2ccc(C(=O)N3CCCCC3)cc2)CC1)c1ccccc1. The molecule has 2 aliphatic rings. The predicted molar refractivity (Wildman–Crippen MR) is 126 cm³/mol. The Hall–Kier alpha value is -2.33. The molecular weight excluding hydrogens is 384 g/mol. The third-order valence-electron chi connectivity index (χ3n) is 6.83. The van der Waals surface area contributed by atoms with Crippen molar-refractivity contribution in [2.45, 2.75) is 57.5 Å². The molecular formula is C27H36N2O2. The molecule has 0 N–H and O–H groups in total. The number of nitrogens with zero attached hydrogens (tertiary/aromatic N) is 2. The lowest BCUT2D eigenvalue weighted by atomic mass is 9.97. The first-order valence-electron chi connectivity index (χ1n) is 12.0. The molecule has 2 aliphatic heterocycles. The van der Waals surface area contributed by atoms with Crippen molar-refractivity contribution in [3.8, 4) is 5.75 Å². The highest BCUT2D eigenvalue weighted by atomic mass is 16.5. The molecule has 0 bridgehead atoms. The van der Waals surface area contributed by atoms with Crippen molar-refractivity contribution < 1.29 is 9.53 Å². The molecule has 1 amide bonds. The molecule has 2 saturated heterocycles.